The largest absolute Gasteiger partial charge is 0.493 e. The molecule has 1 unspecified atom stereocenters. The van der Waals surface area contributed by atoms with E-state index >= 15 is 0 Å². The van der Waals surface area contributed by atoms with Gasteiger partial charge in [0.25, 0.3) is 0 Å². The number of ether oxygens (including phenoxy) is 1. The molecule has 0 spiro atoms. The number of fused-ring (bicyclic) bond motifs is 1. The number of hydrogen-bond donors (Lipinski definition) is 1. The minimum atomic E-state index is -4.79. The summed E-state index contributed by atoms with van der Waals surface area (Å²) in [6.07, 6.45) is -4.73. The van der Waals surface area contributed by atoms with Gasteiger partial charge in [0.1, 0.15) is 5.75 Å². The Morgan fingerprint density at radius 3 is 2.55 bits per heavy atom. The molecule has 6 heteroatoms. The Hall–Kier alpha value is -0.940. The van der Waals surface area contributed by atoms with Crippen molar-refractivity contribution in [1.82, 2.24) is 0 Å². The zero-order valence-corrected chi connectivity index (χ0v) is 12.0. The molecule has 1 aromatic rings. The highest BCUT2D eigenvalue weighted by Gasteiger charge is 2.56. The van der Waals surface area contributed by atoms with E-state index in [0.717, 1.165) is 6.07 Å². The second-order valence-electron chi connectivity index (χ2n) is 5.50. The smallest absolute Gasteiger partial charge is 0.421 e. The van der Waals surface area contributed by atoms with E-state index in [1.165, 1.54) is 0 Å². The van der Waals surface area contributed by atoms with Crippen LogP contribution >= 0.6 is 11.6 Å². The predicted octanol–water partition coefficient (Wildman–Crippen LogP) is 4.07. The van der Waals surface area contributed by atoms with Gasteiger partial charge in [0.15, 0.2) is 5.60 Å². The number of hydrogen-bond acceptors (Lipinski definition) is 2. The van der Waals surface area contributed by atoms with Crippen LogP contribution in [0.15, 0.2) is 12.1 Å². The summed E-state index contributed by atoms with van der Waals surface area (Å²) in [6.45, 7) is 3.56. The second-order valence-corrected chi connectivity index (χ2v) is 5.93. The Morgan fingerprint density at radius 2 is 2.00 bits per heavy atom. The maximum Gasteiger partial charge on any atom is 0.421 e. The fourth-order valence-electron chi connectivity index (χ4n) is 2.55. The lowest BCUT2D eigenvalue weighted by molar-refractivity contribution is -0.272. The summed E-state index contributed by atoms with van der Waals surface area (Å²) in [5.74, 6) is -0.215. The zero-order valence-electron chi connectivity index (χ0n) is 11.2. The summed E-state index contributed by atoms with van der Waals surface area (Å²) < 4.78 is 45.5. The van der Waals surface area contributed by atoms with Gasteiger partial charge < -0.3 is 9.84 Å². The van der Waals surface area contributed by atoms with E-state index in [2.05, 4.69) is 0 Å². The summed E-state index contributed by atoms with van der Waals surface area (Å²) in [4.78, 5) is 0. The van der Waals surface area contributed by atoms with Crippen LogP contribution in [-0.4, -0.2) is 17.9 Å². The van der Waals surface area contributed by atoms with Gasteiger partial charge >= 0.3 is 6.18 Å². The Morgan fingerprint density at radius 1 is 1.35 bits per heavy atom. The monoisotopic (exact) mass is 308 g/mol. The summed E-state index contributed by atoms with van der Waals surface area (Å²) in [7, 11) is 0. The predicted molar refractivity (Wildman–Crippen MR) is 70.1 cm³/mol. The topological polar surface area (TPSA) is 29.5 Å². The molecule has 0 aliphatic carbocycles. The number of benzene rings is 1. The maximum absolute atomic E-state index is 13.4. The van der Waals surface area contributed by atoms with Gasteiger partial charge in [0.05, 0.1) is 6.61 Å². The molecule has 0 saturated carbocycles. The minimum absolute atomic E-state index is 0.120. The van der Waals surface area contributed by atoms with E-state index in [1.807, 2.05) is 0 Å². The summed E-state index contributed by atoms with van der Waals surface area (Å²) in [6, 6.07) is 2.74. The Labute approximate surface area is 120 Å². The number of rotatable bonds is 3. The lowest BCUT2D eigenvalue weighted by atomic mass is 9.83. The summed E-state index contributed by atoms with van der Waals surface area (Å²) in [5.41, 5.74) is -2.61. The van der Waals surface area contributed by atoms with Crippen LogP contribution in [0.25, 0.3) is 0 Å². The maximum atomic E-state index is 13.4. The van der Waals surface area contributed by atoms with Crippen LogP contribution in [0.3, 0.4) is 0 Å². The third-order valence-corrected chi connectivity index (χ3v) is 3.58. The van der Waals surface area contributed by atoms with Gasteiger partial charge in [-0.05, 0) is 30.0 Å². The fourth-order valence-corrected chi connectivity index (χ4v) is 2.79. The average Bonchev–Trinajstić information content (AvgIpc) is 2.72. The molecule has 2 rings (SSSR count). The van der Waals surface area contributed by atoms with Crippen molar-refractivity contribution >= 4 is 11.6 Å². The molecule has 1 N–H and O–H groups in total. The van der Waals surface area contributed by atoms with Crippen LogP contribution < -0.4 is 4.74 Å². The molecule has 0 fully saturated rings. The highest BCUT2D eigenvalue weighted by molar-refractivity contribution is 6.30. The van der Waals surface area contributed by atoms with Gasteiger partial charge in [-0.3, -0.25) is 0 Å². The van der Waals surface area contributed by atoms with Gasteiger partial charge in [0.2, 0.25) is 0 Å². The zero-order chi connectivity index (χ0) is 15.1. The molecule has 0 saturated heterocycles. The second kappa shape index (κ2) is 5.11. The van der Waals surface area contributed by atoms with Crippen molar-refractivity contribution < 1.29 is 23.0 Å². The van der Waals surface area contributed by atoms with Crippen LogP contribution in [0.2, 0.25) is 5.02 Å². The van der Waals surface area contributed by atoms with Crippen molar-refractivity contribution in [3.8, 4) is 5.75 Å². The first-order chi connectivity index (χ1) is 9.15. The quantitative estimate of drug-likeness (QED) is 0.912. The lowest BCUT2D eigenvalue weighted by Gasteiger charge is -2.33. The Bertz CT molecular complexity index is 514. The van der Waals surface area contributed by atoms with E-state index in [1.54, 1.807) is 19.9 Å². The number of aliphatic hydroxyl groups is 1. The molecule has 1 atom stereocenters. The molecular weight excluding hydrogens is 293 g/mol. The molecule has 0 radical (unpaired) electrons. The van der Waals surface area contributed by atoms with Crippen LogP contribution in [0.5, 0.6) is 5.75 Å². The third kappa shape index (κ3) is 2.61. The van der Waals surface area contributed by atoms with Gasteiger partial charge in [-0.25, -0.2) is 0 Å². The highest BCUT2D eigenvalue weighted by atomic mass is 35.5. The lowest BCUT2D eigenvalue weighted by Crippen LogP contribution is -2.43. The normalized spacial score (nSPS) is 17.8. The van der Waals surface area contributed by atoms with Gasteiger partial charge in [0, 0.05) is 17.0 Å². The fraction of sp³-hybridized carbons (Fsp3) is 0.571. The molecule has 2 nitrogen and oxygen atoms in total. The van der Waals surface area contributed by atoms with Crippen LogP contribution in [0.4, 0.5) is 13.2 Å². The van der Waals surface area contributed by atoms with E-state index in [0.29, 0.717) is 18.6 Å². The molecule has 1 heterocycles. The van der Waals surface area contributed by atoms with Crippen molar-refractivity contribution in [1.29, 1.82) is 0 Å². The molecule has 0 amide bonds. The molecule has 0 bridgehead atoms. The summed E-state index contributed by atoms with van der Waals surface area (Å²) >= 11 is 5.89. The number of alkyl halides is 3. The van der Waals surface area contributed by atoms with E-state index in [4.69, 9.17) is 16.3 Å². The SMILES string of the molecule is CC(C)CC(O)(c1cc(Cl)cc2c1OCC2)C(F)(F)F. The van der Waals surface area contributed by atoms with Gasteiger partial charge in [-0.2, -0.15) is 13.2 Å². The van der Waals surface area contributed by atoms with Crippen molar-refractivity contribution in [2.24, 2.45) is 5.92 Å². The molecule has 20 heavy (non-hydrogen) atoms. The summed E-state index contributed by atoms with van der Waals surface area (Å²) in [5, 5.41) is 10.5. The van der Waals surface area contributed by atoms with E-state index < -0.39 is 18.2 Å². The van der Waals surface area contributed by atoms with Gasteiger partial charge in [-0.15, -0.1) is 0 Å². The van der Waals surface area contributed by atoms with Crippen LogP contribution in [-0.2, 0) is 12.0 Å². The Kier molecular flexibility index (Phi) is 3.95. The number of halogens is 4. The standard InChI is InChI=1S/C14H16ClF3O2/c1-8(2)7-13(19,14(16,17)18)11-6-10(15)5-9-3-4-20-12(9)11/h5-6,8,19H,3-4,7H2,1-2H3. The van der Waals surface area contributed by atoms with Crippen molar-refractivity contribution in [3.05, 3.63) is 28.3 Å². The van der Waals surface area contributed by atoms with Crippen LogP contribution in [0, 0.1) is 5.92 Å². The van der Waals surface area contributed by atoms with Crippen molar-refractivity contribution in [3.63, 3.8) is 0 Å². The first-order valence-corrected chi connectivity index (χ1v) is 6.78. The minimum Gasteiger partial charge on any atom is -0.493 e. The first-order valence-electron chi connectivity index (χ1n) is 6.40. The first kappa shape index (κ1) is 15.4. The van der Waals surface area contributed by atoms with Gasteiger partial charge in [-0.1, -0.05) is 25.4 Å². The molecule has 0 aromatic heterocycles. The van der Waals surface area contributed by atoms with Crippen molar-refractivity contribution in [2.45, 2.75) is 38.5 Å². The molecule has 1 aliphatic heterocycles. The molecular formula is C14H16ClF3O2. The van der Waals surface area contributed by atoms with E-state index in [9.17, 15) is 18.3 Å². The van der Waals surface area contributed by atoms with Crippen molar-refractivity contribution in [2.75, 3.05) is 6.61 Å². The third-order valence-electron chi connectivity index (χ3n) is 3.37. The molecule has 1 aliphatic rings. The highest BCUT2D eigenvalue weighted by Crippen LogP contribution is 2.49. The average molecular weight is 309 g/mol. The van der Waals surface area contributed by atoms with Crippen LogP contribution in [0.1, 0.15) is 31.4 Å². The molecule has 112 valence electrons. The molecule has 1 aromatic carbocycles. The van der Waals surface area contributed by atoms with E-state index in [-0.39, 0.29) is 22.3 Å². The Balaban J connectivity index is 2.61.